The van der Waals surface area contributed by atoms with Gasteiger partial charge in [-0.1, -0.05) is 30.7 Å². The van der Waals surface area contributed by atoms with Gasteiger partial charge in [0.15, 0.2) is 0 Å². The quantitative estimate of drug-likeness (QED) is 0.266. The van der Waals surface area contributed by atoms with E-state index in [0.717, 1.165) is 6.42 Å². The summed E-state index contributed by atoms with van der Waals surface area (Å²) in [6.45, 7) is 10.2. The Labute approximate surface area is 221 Å². The lowest BCUT2D eigenvalue weighted by Gasteiger charge is -2.40. The van der Waals surface area contributed by atoms with Gasteiger partial charge in [0.05, 0.1) is 23.2 Å². The van der Waals surface area contributed by atoms with E-state index in [1.165, 1.54) is 0 Å². The molecule has 1 aromatic carbocycles. The maximum absolute atomic E-state index is 14.3. The topological polar surface area (TPSA) is 87.2 Å². The number of likely N-dealkylation sites (tertiary alicyclic amines) is 1. The highest BCUT2D eigenvalue weighted by Crippen LogP contribution is 2.68. The third kappa shape index (κ3) is 4.37. The molecule has 3 fully saturated rings. The summed E-state index contributed by atoms with van der Waals surface area (Å²) in [5.74, 6) is -1.99. The molecule has 1 N–H and O–H groups in total. The highest BCUT2D eigenvalue weighted by atomic mass is 35.5. The van der Waals surface area contributed by atoms with Gasteiger partial charge in [-0.3, -0.25) is 14.4 Å². The molecule has 0 radical (unpaired) electrons. The fourth-order valence-corrected chi connectivity index (χ4v) is 8.64. The van der Waals surface area contributed by atoms with Crippen LogP contribution >= 0.6 is 23.4 Å². The minimum absolute atomic E-state index is 0.0440. The van der Waals surface area contributed by atoms with Crippen LogP contribution in [0.25, 0.3) is 0 Å². The molecule has 4 rings (SSSR count). The number of nitrogens with zero attached hydrogens (tertiary/aromatic N) is 2. The summed E-state index contributed by atoms with van der Waals surface area (Å²) >= 11 is 7.68. The van der Waals surface area contributed by atoms with Crippen molar-refractivity contribution in [2.24, 2.45) is 17.8 Å². The number of esters is 1. The van der Waals surface area contributed by atoms with E-state index in [1.807, 2.05) is 0 Å². The molecule has 1 spiro atoms. The van der Waals surface area contributed by atoms with Crippen molar-refractivity contribution < 1.29 is 24.2 Å². The van der Waals surface area contributed by atoms with Crippen LogP contribution in [-0.2, 0) is 19.1 Å². The van der Waals surface area contributed by atoms with Gasteiger partial charge in [-0.15, -0.1) is 24.9 Å². The van der Waals surface area contributed by atoms with Gasteiger partial charge in [0.2, 0.25) is 5.91 Å². The fourth-order valence-electron chi connectivity index (χ4n) is 6.11. The van der Waals surface area contributed by atoms with E-state index in [0.29, 0.717) is 23.6 Å². The molecule has 2 bridgehead atoms. The Bertz CT molecular complexity index is 1030. The van der Waals surface area contributed by atoms with Gasteiger partial charge < -0.3 is 19.6 Å². The number of carbonyl (C=O) groups is 3. The largest absolute Gasteiger partial charge is 0.465 e. The van der Waals surface area contributed by atoms with Gasteiger partial charge in [-0.25, -0.2) is 0 Å². The molecular formula is C27H33ClN2O5S. The molecule has 36 heavy (non-hydrogen) atoms. The van der Waals surface area contributed by atoms with Gasteiger partial charge in [0.25, 0.3) is 5.91 Å². The summed E-state index contributed by atoms with van der Waals surface area (Å²) in [4.78, 5) is 44.7. The summed E-state index contributed by atoms with van der Waals surface area (Å²) in [6, 6.07) is 6.22. The van der Waals surface area contributed by atoms with Crippen molar-refractivity contribution in [3.8, 4) is 0 Å². The molecule has 0 saturated carbocycles. The molecule has 9 heteroatoms. The van der Waals surface area contributed by atoms with E-state index in [-0.39, 0.29) is 55.3 Å². The molecule has 0 aliphatic carbocycles. The number of thioether (sulfide) groups is 1. The highest BCUT2D eigenvalue weighted by Gasteiger charge is 2.76. The molecule has 3 aliphatic heterocycles. The smallest absolute Gasteiger partial charge is 0.310 e. The minimum Gasteiger partial charge on any atom is -0.465 e. The maximum Gasteiger partial charge on any atom is 0.310 e. The van der Waals surface area contributed by atoms with Crippen molar-refractivity contribution in [3.63, 3.8) is 0 Å². The van der Waals surface area contributed by atoms with Crippen LogP contribution in [0.4, 0.5) is 5.69 Å². The van der Waals surface area contributed by atoms with Crippen molar-refractivity contribution in [3.05, 3.63) is 54.6 Å². The number of hydrogen-bond donors (Lipinski definition) is 1. The average Bonchev–Trinajstić information content (AvgIpc) is 3.45. The van der Waals surface area contributed by atoms with E-state index in [2.05, 4.69) is 20.1 Å². The number of anilines is 1. The Balaban J connectivity index is 1.75. The average molecular weight is 533 g/mol. The lowest BCUT2D eigenvalue weighted by molar-refractivity contribution is -0.154. The van der Waals surface area contributed by atoms with Gasteiger partial charge in [0, 0.05) is 35.7 Å². The Morgan fingerprint density at radius 1 is 1.31 bits per heavy atom. The van der Waals surface area contributed by atoms with E-state index < -0.39 is 22.6 Å². The number of carbonyl (C=O) groups excluding carboxylic acids is 3. The van der Waals surface area contributed by atoms with Crippen LogP contribution in [0.3, 0.4) is 0 Å². The van der Waals surface area contributed by atoms with E-state index in [4.69, 9.17) is 16.3 Å². The molecular weight excluding hydrogens is 500 g/mol. The number of aliphatic hydroxyl groups excluding tert-OH is 1. The van der Waals surface area contributed by atoms with Crippen molar-refractivity contribution in [1.29, 1.82) is 0 Å². The number of rotatable bonds is 11. The summed E-state index contributed by atoms with van der Waals surface area (Å²) < 4.78 is 4.78. The van der Waals surface area contributed by atoms with Crippen LogP contribution < -0.4 is 4.90 Å². The second-order valence-electron chi connectivity index (χ2n) is 9.62. The predicted octanol–water partition coefficient (Wildman–Crippen LogP) is 3.70. The molecule has 1 aromatic rings. The maximum atomic E-state index is 14.3. The van der Waals surface area contributed by atoms with Gasteiger partial charge in [-0.05, 0) is 49.4 Å². The Morgan fingerprint density at radius 2 is 2.03 bits per heavy atom. The Hall–Kier alpha value is -2.29. The summed E-state index contributed by atoms with van der Waals surface area (Å²) in [5.41, 5.74) is 0.657. The second kappa shape index (κ2) is 11.0. The molecule has 2 amide bonds. The summed E-state index contributed by atoms with van der Waals surface area (Å²) in [6.07, 6.45) is 4.95. The lowest BCUT2D eigenvalue weighted by atomic mass is 9.66. The second-order valence-corrected chi connectivity index (χ2v) is 11.6. The summed E-state index contributed by atoms with van der Waals surface area (Å²) in [5, 5.41) is 10.0. The zero-order chi connectivity index (χ0) is 26.0. The van der Waals surface area contributed by atoms with Gasteiger partial charge in [-0.2, -0.15) is 0 Å². The lowest BCUT2D eigenvalue weighted by Crippen LogP contribution is -2.57. The van der Waals surface area contributed by atoms with Crippen LogP contribution in [0, 0.1) is 17.8 Å². The number of halogens is 1. The molecule has 3 heterocycles. The minimum atomic E-state index is -0.770. The van der Waals surface area contributed by atoms with Crippen LogP contribution in [0.2, 0.25) is 5.02 Å². The van der Waals surface area contributed by atoms with Crippen molar-refractivity contribution in [1.82, 2.24) is 4.90 Å². The SMILES string of the molecule is C=CCCOC(=O)[C@@H]1[C@@H]2CC(C)C3(S2)C(C(=O)N(CC=C)c2ccc(Cl)cc2)N(CCCO)C(=O)[C@H]13. The zero-order valence-corrected chi connectivity index (χ0v) is 22.0. The monoisotopic (exact) mass is 532 g/mol. The predicted molar refractivity (Wildman–Crippen MR) is 142 cm³/mol. The molecule has 3 saturated heterocycles. The molecule has 0 aromatic heterocycles. The Kier molecular flexibility index (Phi) is 8.17. The van der Waals surface area contributed by atoms with Crippen LogP contribution in [-0.4, -0.2) is 70.1 Å². The third-order valence-corrected chi connectivity index (χ3v) is 9.92. The molecule has 3 unspecified atom stereocenters. The standard InChI is InChI=1S/C27H33ClN2O5S/c1-4-6-15-35-26(34)21-20-16-17(3)27(36-20)22(21)24(32)30(13-7-14-31)23(27)25(33)29(12-5-2)19-10-8-18(28)9-11-19/h4-5,8-11,17,20-23,31H,1-2,6-7,12-16H2,3H3/t17?,20-,21+,22-,23?,27?/m0/s1. The van der Waals surface area contributed by atoms with Crippen molar-refractivity contribution in [2.45, 2.75) is 42.2 Å². The number of ether oxygens (including phenoxy) is 1. The van der Waals surface area contributed by atoms with Crippen LogP contribution in [0.1, 0.15) is 26.2 Å². The van der Waals surface area contributed by atoms with Crippen molar-refractivity contribution >= 4 is 46.8 Å². The number of aliphatic hydroxyl groups is 1. The van der Waals surface area contributed by atoms with E-state index >= 15 is 0 Å². The van der Waals surface area contributed by atoms with Crippen molar-refractivity contribution in [2.75, 3.05) is 31.2 Å². The number of benzene rings is 1. The Morgan fingerprint density at radius 3 is 2.67 bits per heavy atom. The first kappa shape index (κ1) is 26.8. The van der Waals surface area contributed by atoms with Gasteiger partial charge in [0.1, 0.15) is 6.04 Å². The molecule has 6 atom stereocenters. The summed E-state index contributed by atoms with van der Waals surface area (Å²) in [7, 11) is 0. The number of amides is 2. The van der Waals surface area contributed by atoms with Crippen LogP contribution in [0.15, 0.2) is 49.6 Å². The highest BCUT2D eigenvalue weighted by molar-refractivity contribution is 8.02. The first-order valence-corrected chi connectivity index (χ1v) is 13.6. The van der Waals surface area contributed by atoms with E-state index in [1.54, 1.807) is 58.0 Å². The third-order valence-electron chi connectivity index (χ3n) is 7.59. The van der Waals surface area contributed by atoms with Crippen LogP contribution in [0.5, 0.6) is 0 Å². The zero-order valence-electron chi connectivity index (χ0n) is 20.5. The normalized spacial score (nSPS) is 30.2. The van der Waals surface area contributed by atoms with Gasteiger partial charge >= 0.3 is 5.97 Å². The first-order chi connectivity index (χ1) is 17.3. The first-order valence-electron chi connectivity index (χ1n) is 12.4. The number of hydrogen-bond acceptors (Lipinski definition) is 6. The fraction of sp³-hybridized carbons (Fsp3) is 0.519. The molecule has 7 nitrogen and oxygen atoms in total. The number of fused-ring (bicyclic) bond motifs is 1. The molecule has 194 valence electrons. The van der Waals surface area contributed by atoms with E-state index in [9.17, 15) is 19.5 Å². The molecule has 3 aliphatic rings.